The summed E-state index contributed by atoms with van der Waals surface area (Å²) in [5, 5.41) is 0. The van der Waals surface area contributed by atoms with Crippen LogP contribution in [0.2, 0.25) is 0 Å². The minimum atomic E-state index is -3.22. The average molecular weight is 155 g/mol. The Morgan fingerprint density at radius 1 is 1.44 bits per heavy atom. The van der Waals surface area contributed by atoms with E-state index in [1.807, 2.05) is 10.2 Å². The van der Waals surface area contributed by atoms with Gasteiger partial charge < -0.3 is 0 Å². The summed E-state index contributed by atoms with van der Waals surface area (Å²) in [6.07, 6.45) is -2.91. The standard InChI is InChI=1S/C4H3F4Si/c5-3(6)1-2-4(7,8)9/h1H,2H2. The molecule has 0 nitrogen and oxygen atoms in total. The van der Waals surface area contributed by atoms with Gasteiger partial charge in [0, 0.05) is 6.42 Å². The van der Waals surface area contributed by atoms with E-state index < -0.39 is 18.0 Å². The summed E-state index contributed by atoms with van der Waals surface area (Å²) in [5.74, 6) is 0. The highest BCUT2D eigenvalue weighted by Crippen LogP contribution is 2.15. The van der Waals surface area contributed by atoms with Gasteiger partial charge in [0.2, 0.25) is 5.55 Å². The fraction of sp³-hybridized carbons (Fsp3) is 0.500. The van der Waals surface area contributed by atoms with Crippen LogP contribution in [-0.4, -0.2) is 15.8 Å². The Balaban J connectivity index is 3.64. The van der Waals surface area contributed by atoms with E-state index in [-0.39, 0.29) is 6.08 Å². The smallest absolute Gasteiger partial charge is 0.213 e. The Bertz CT molecular complexity index is 110. The Kier molecular flexibility index (Phi) is 2.89. The van der Waals surface area contributed by atoms with Gasteiger partial charge in [0.25, 0.3) is 6.08 Å². The molecule has 0 aliphatic rings. The number of allylic oxidation sites excluding steroid dienone is 1. The molecule has 0 aromatic carbocycles. The molecule has 0 aliphatic carbocycles. The molecule has 0 amide bonds. The molecule has 51 valence electrons. The van der Waals surface area contributed by atoms with Gasteiger partial charge in [-0.25, -0.2) is 8.78 Å². The van der Waals surface area contributed by atoms with Crippen LogP contribution in [0.1, 0.15) is 6.42 Å². The molecule has 0 aromatic heterocycles. The Labute approximate surface area is 53.0 Å². The van der Waals surface area contributed by atoms with Crippen LogP contribution in [-0.2, 0) is 0 Å². The number of hydrogen-bond donors (Lipinski definition) is 0. The van der Waals surface area contributed by atoms with E-state index in [0.29, 0.717) is 0 Å². The van der Waals surface area contributed by atoms with Crippen molar-refractivity contribution in [3.05, 3.63) is 12.2 Å². The topological polar surface area (TPSA) is 0 Å². The fourth-order valence-corrected chi connectivity index (χ4v) is 0.307. The summed E-state index contributed by atoms with van der Waals surface area (Å²) in [5.41, 5.74) is -3.22. The van der Waals surface area contributed by atoms with Gasteiger partial charge in [0.1, 0.15) is 10.2 Å². The van der Waals surface area contributed by atoms with Gasteiger partial charge in [-0.1, -0.05) is 0 Å². The molecular weight excluding hydrogens is 152 g/mol. The normalized spacial score (nSPS) is 11.2. The van der Waals surface area contributed by atoms with Crippen LogP contribution in [0.3, 0.4) is 0 Å². The molecule has 0 fully saturated rings. The lowest BCUT2D eigenvalue weighted by atomic mass is 10.4. The summed E-state index contributed by atoms with van der Waals surface area (Å²) < 4.78 is 45.4. The minimum absolute atomic E-state index is 0.160. The van der Waals surface area contributed by atoms with Crippen LogP contribution in [0.25, 0.3) is 0 Å². The predicted octanol–water partition coefficient (Wildman–Crippen LogP) is 1.92. The van der Waals surface area contributed by atoms with Gasteiger partial charge in [-0.2, -0.15) is 8.78 Å². The maximum atomic E-state index is 11.6. The molecular formula is C4H3F4Si. The van der Waals surface area contributed by atoms with Crippen LogP contribution in [0, 0.1) is 0 Å². The number of alkyl halides is 2. The lowest BCUT2D eigenvalue weighted by Crippen LogP contribution is -2.13. The quantitative estimate of drug-likeness (QED) is 0.422. The molecule has 0 aliphatic heterocycles. The summed E-state index contributed by atoms with van der Waals surface area (Å²) >= 11 is 0. The molecule has 0 N–H and O–H groups in total. The van der Waals surface area contributed by atoms with Gasteiger partial charge in [-0.05, 0) is 6.08 Å². The van der Waals surface area contributed by atoms with Crippen molar-refractivity contribution >= 4 is 10.2 Å². The zero-order chi connectivity index (χ0) is 7.49. The minimum Gasteiger partial charge on any atom is -0.213 e. The Hall–Kier alpha value is -0.323. The maximum Gasteiger partial charge on any atom is 0.266 e. The second kappa shape index (κ2) is 3.00. The first-order valence-corrected chi connectivity index (χ1v) is 2.56. The lowest BCUT2D eigenvalue weighted by Gasteiger charge is -2.03. The largest absolute Gasteiger partial charge is 0.266 e. The van der Waals surface area contributed by atoms with Crippen LogP contribution < -0.4 is 0 Å². The van der Waals surface area contributed by atoms with E-state index in [1.54, 1.807) is 0 Å². The Morgan fingerprint density at radius 2 is 1.89 bits per heavy atom. The van der Waals surface area contributed by atoms with Crippen LogP contribution in [0.4, 0.5) is 17.6 Å². The van der Waals surface area contributed by atoms with Gasteiger partial charge in [0.05, 0.1) is 0 Å². The van der Waals surface area contributed by atoms with Crippen LogP contribution in [0.15, 0.2) is 12.2 Å². The molecule has 0 heterocycles. The first-order valence-electron chi connectivity index (χ1n) is 2.06. The van der Waals surface area contributed by atoms with E-state index in [1.165, 1.54) is 0 Å². The zero-order valence-electron chi connectivity index (χ0n) is 4.30. The predicted molar refractivity (Wildman–Crippen MR) is 25.6 cm³/mol. The third-order valence-corrected chi connectivity index (χ3v) is 0.717. The van der Waals surface area contributed by atoms with E-state index in [9.17, 15) is 17.6 Å². The monoisotopic (exact) mass is 155 g/mol. The molecule has 0 saturated carbocycles. The maximum absolute atomic E-state index is 11.6. The Morgan fingerprint density at radius 3 is 2.00 bits per heavy atom. The lowest BCUT2D eigenvalue weighted by molar-refractivity contribution is 0.0977. The summed E-state index contributed by atoms with van der Waals surface area (Å²) in [7, 11) is 1.94. The summed E-state index contributed by atoms with van der Waals surface area (Å²) in [6, 6.07) is 0. The van der Waals surface area contributed by atoms with Crippen molar-refractivity contribution < 1.29 is 17.6 Å². The van der Waals surface area contributed by atoms with Gasteiger partial charge in [-0.3, -0.25) is 0 Å². The average Bonchev–Trinajstić information content (AvgIpc) is 1.59. The van der Waals surface area contributed by atoms with Crippen LogP contribution in [0.5, 0.6) is 0 Å². The van der Waals surface area contributed by atoms with E-state index in [2.05, 4.69) is 0 Å². The van der Waals surface area contributed by atoms with Crippen molar-refractivity contribution in [1.82, 2.24) is 0 Å². The highest BCUT2D eigenvalue weighted by molar-refractivity contribution is 6.13. The highest BCUT2D eigenvalue weighted by Gasteiger charge is 2.19. The van der Waals surface area contributed by atoms with Crippen LogP contribution >= 0.6 is 0 Å². The third kappa shape index (κ3) is 7.68. The van der Waals surface area contributed by atoms with Crippen molar-refractivity contribution in [2.24, 2.45) is 0 Å². The van der Waals surface area contributed by atoms with Crippen molar-refractivity contribution in [3.8, 4) is 0 Å². The summed E-state index contributed by atoms with van der Waals surface area (Å²) in [4.78, 5) is 0. The molecule has 9 heavy (non-hydrogen) atoms. The number of hydrogen-bond acceptors (Lipinski definition) is 0. The molecule has 0 rings (SSSR count). The zero-order valence-corrected chi connectivity index (χ0v) is 5.30. The van der Waals surface area contributed by atoms with Crippen molar-refractivity contribution in [3.63, 3.8) is 0 Å². The summed E-state index contributed by atoms with van der Waals surface area (Å²) in [6.45, 7) is 0. The molecule has 0 spiro atoms. The first kappa shape index (κ1) is 8.68. The molecule has 0 saturated heterocycles. The fourth-order valence-electron chi connectivity index (χ4n) is 0.205. The van der Waals surface area contributed by atoms with Crippen molar-refractivity contribution in [2.75, 3.05) is 0 Å². The molecule has 5 heteroatoms. The first-order chi connectivity index (χ1) is 3.92. The second-order valence-corrected chi connectivity index (χ2v) is 2.13. The van der Waals surface area contributed by atoms with E-state index >= 15 is 0 Å². The molecule has 0 aromatic rings. The van der Waals surface area contributed by atoms with Gasteiger partial charge in [-0.15, -0.1) is 0 Å². The van der Waals surface area contributed by atoms with Gasteiger partial charge >= 0.3 is 0 Å². The van der Waals surface area contributed by atoms with E-state index in [4.69, 9.17) is 0 Å². The molecule has 0 bridgehead atoms. The number of rotatable bonds is 2. The van der Waals surface area contributed by atoms with E-state index in [0.717, 1.165) is 0 Å². The van der Waals surface area contributed by atoms with Crippen molar-refractivity contribution in [1.29, 1.82) is 0 Å². The SMILES string of the molecule is FC(F)=CCC(F)(F)[Si]. The van der Waals surface area contributed by atoms with Crippen molar-refractivity contribution in [2.45, 2.75) is 12.0 Å². The molecule has 0 unspecified atom stereocenters. The third-order valence-electron chi connectivity index (χ3n) is 0.513. The molecule has 0 atom stereocenters. The second-order valence-electron chi connectivity index (χ2n) is 1.40. The number of halogens is 4. The molecule has 3 radical (unpaired) electrons. The highest BCUT2D eigenvalue weighted by atomic mass is 28.1. The van der Waals surface area contributed by atoms with Gasteiger partial charge in [0.15, 0.2) is 0 Å².